The number of aryl methyl sites for hydroxylation is 1. The van der Waals surface area contributed by atoms with Crippen LogP contribution in [0.2, 0.25) is 0 Å². The molecule has 2 aromatic rings. The predicted octanol–water partition coefficient (Wildman–Crippen LogP) is 5.34. The molecule has 0 aliphatic heterocycles. The average molecular weight is 306 g/mol. The molecule has 0 aromatic heterocycles. The normalized spacial score (nSPS) is 16.0. The Morgan fingerprint density at radius 3 is 2.52 bits per heavy atom. The van der Waals surface area contributed by atoms with Crippen molar-refractivity contribution in [2.24, 2.45) is 0 Å². The molecule has 0 heterocycles. The number of carbonyl (C=O) groups excluding carboxylic acids is 1. The molecule has 0 saturated heterocycles. The second kappa shape index (κ2) is 7.28. The molecule has 1 aliphatic carbocycles. The van der Waals surface area contributed by atoms with Crippen molar-refractivity contribution in [3.63, 3.8) is 0 Å². The molecule has 0 spiro atoms. The number of para-hydroxylation sites is 1. The van der Waals surface area contributed by atoms with Gasteiger partial charge < -0.3 is 4.74 Å². The van der Waals surface area contributed by atoms with Crippen molar-refractivity contribution in [1.82, 2.24) is 0 Å². The Bertz CT molecular complexity index is 714. The number of carbonyl (C=O) groups is 1. The van der Waals surface area contributed by atoms with Crippen LogP contribution in [0.3, 0.4) is 0 Å². The Labute approximate surface area is 137 Å². The number of rotatable bonds is 5. The van der Waals surface area contributed by atoms with Gasteiger partial charge in [-0.3, -0.25) is 4.79 Å². The molecule has 0 bridgehead atoms. The van der Waals surface area contributed by atoms with Gasteiger partial charge in [-0.25, -0.2) is 0 Å². The van der Waals surface area contributed by atoms with Crippen molar-refractivity contribution < 1.29 is 9.53 Å². The number of hydrogen-bond donors (Lipinski definition) is 0. The summed E-state index contributed by atoms with van der Waals surface area (Å²) >= 11 is 0. The maximum absolute atomic E-state index is 12.9. The van der Waals surface area contributed by atoms with Crippen molar-refractivity contribution in [3.05, 3.63) is 77.1 Å². The number of allylic oxidation sites excluding steroid dienone is 2. The molecule has 0 amide bonds. The van der Waals surface area contributed by atoms with E-state index in [-0.39, 0.29) is 5.78 Å². The van der Waals surface area contributed by atoms with Crippen molar-refractivity contribution >= 4 is 5.78 Å². The largest absolute Gasteiger partial charge is 0.461 e. The first kappa shape index (κ1) is 15.5. The molecule has 3 rings (SSSR count). The minimum absolute atomic E-state index is 0.133. The SMILES string of the molecule is CCCC/C(Oc1ccccc1)=C1/CCc2ccccc2C1=O. The Balaban J connectivity index is 1.94. The lowest BCUT2D eigenvalue weighted by atomic mass is 9.85. The van der Waals surface area contributed by atoms with Crippen molar-refractivity contribution in [2.75, 3.05) is 0 Å². The van der Waals surface area contributed by atoms with Gasteiger partial charge in [-0.15, -0.1) is 0 Å². The number of benzene rings is 2. The molecule has 0 N–H and O–H groups in total. The van der Waals surface area contributed by atoms with Crippen LogP contribution in [0, 0.1) is 0 Å². The zero-order chi connectivity index (χ0) is 16.1. The first-order chi connectivity index (χ1) is 11.3. The lowest BCUT2D eigenvalue weighted by Crippen LogP contribution is -2.17. The summed E-state index contributed by atoms with van der Waals surface area (Å²) < 4.78 is 6.10. The minimum atomic E-state index is 0.133. The highest BCUT2D eigenvalue weighted by Gasteiger charge is 2.25. The quantitative estimate of drug-likeness (QED) is 0.550. The van der Waals surface area contributed by atoms with E-state index in [0.717, 1.165) is 60.3 Å². The summed E-state index contributed by atoms with van der Waals surface area (Å²) in [6.07, 6.45) is 4.60. The molecule has 0 radical (unpaired) electrons. The van der Waals surface area contributed by atoms with E-state index < -0.39 is 0 Å². The number of ketones is 1. The molecule has 0 fully saturated rings. The summed E-state index contributed by atoms with van der Waals surface area (Å²) in [5, 5.41) is 0. The van der Waals surface area contributed by atoms with E-state index in [9.17, 15) is 4.79 Å². The molecule has 0 saturated carbocycles. The van der Waals surface area contributed by atoms with Crippen LogP contribution in [0.4, 0.5) is 0 Å². The fourth-order valence-electron chi connectivity index (χ4n) is 2.99. The highest BCUT2D eigenvalue weighted by molar-refractivity contribution is 6.11. The summed E-state index contributed by atoms with van der Waals surface area (Å²) in [6, 6.07) is 17.7. The van der Waals surface area contributed by atoms with Gasteiger partial charge in [-0.1, -0.05) is 55.8 Å². The topological polar surface area (TPSA) is 26.3 Å². The number of Topliss-reactive ketones (excluding diaryl/α,β-unsaturated/α-hetero) is 1. The summed E-state index contributed by atoms with van der Waals surface area (Å²) in [7, 11) is 0. The van der Waals surface area contributed by atoms with Gasteiger partial charge in [0.15, 0.2) is 5.78 Å². The first-order valence-electron chi connectivity index (χ1n) is 8.37. The van der Waals surface area contributed by atoms with Crippen LogP contribution in [0.1, 0.15) is 48.5 Å². The van der Waals surface area contributed by atoms with Gasteiger partial charge >= 0.3 is 0 Å². The third-order valence-corrected chi connectivity index (χ3v) is 4.26. The van der Waals surface area contributed by atoms with E-state index in [4.69, 9.17) is 4.74 Å². The smallest absolute Gasteiger partial charge is 0.192 e. The fourth-order valence-corrected chi connectivity index (χ4v) is 2.99. The van der Waals surface area contributed by atoms with E-state index in [1.807, 2.05) is 54.6 Å². The van der Waals surface area contributed by atoms with Crippen molar-refractivity contribution in [2.45, 2.75) is 39.0 Å². The standard InChI is InChI=1S/C21H22O2/c1-2-3-13-20(23-17-10-5-4-6-11-17)19-15-14-16-9-7-8-12-18(16)21(19)22/h4-12H,2-3,13-15H2,1H3/b20-19+. The average Bonchev–Trinajstić information content (AvgIpc) is 2.60. The third-order valence-electron chi connectivity index (χ3n) is 4.26. The maximum atomic E-state index is 12.9. The molecule has 2 heteroatoms. The summed E-state index contributed by atoms with van der Waals surface area (Å²) in [4.78, 5) is 12.9. The Morgan fingerprint density at radius 1 is 1.00 bits per heavy atom. The number of unbranched alkanes of at least 4 members (excludes halogenated alkanes) is 1. The van der Waals surface area contributed by atoms with E-state index in [1.165, 1.54) is 0 Å². The fraction of sp³-hybridized carbons (Fsp3) is 0.286. The Hall–Kier alpha value is -2.35. The van der Waals surface area contributed by atoms with Crippen LogP contribution in [0.5, 0.6) is 5.75 Å². The molecule has 0 unspecified atom stereocenters. The Morgan fingerprint density at radius 2 is 1.74 bits per heavy atom. The third kappa shape index (κ3) is 3.53. The van der Waals surface area contributed by atoms with Gasteiger partial charge in [-0.2, -0.15) is 0 Å². The van der Waals surface area contributed by atoms with E-state index in [0.29, 0.717) is 0 Å². The Kier molecular flexibility index (Phi) is 4.92. The highest BCUT2D eigenvalue weighted by Crippen LogP contribution is 2.30. The van der Waals surface area contributed by atoms with Crippen molar-refractivity contribution in [3.8, 4) is 5.75 Å². The van der Waals surface area contributed by atoms with Crippen LogP contribution >= 0.6 is 0 Å². The van der Waals surface area contributed by atoms with E-state index >= 15 is 0 Å². The van der Waals surface area contributed by atoms with Crippen molar-refractivity contribution in [1.29, 1.82) is 0 Å². The molecular formula is C21H22O2. The zero-order valence-corrected chi connectivity index (χ0v) is 13.5. The lowest BCUT2D eigenvalue weighted by Gasteiger charge is -2.21. The number of fused-ring (bicyclic) bond motifs is 1. The maximum Gasteiger partial charge on any atom is 0.192 e. The molecule has 2 aromatic carbocycles. The second-order valence-corrected chi connectivity index (χ2v) is 5.91. The summed E-state index contributed by atoms with van der Waals surface area (Å²) in [5.41, 5.74) is 2.83. The lowest BCUT2D eigenvalue weighted by molar-refractivity contribution is 0.102. The molecule has 118 valence electrons. The second-order valence-electron chi connectivity index (χ2n) is 5.91. The molecular weight excluding hydrogens is 284 g/mol. The highest BCUT2D eigenvalue weighted by atomic mass is 16.5. The molecule has 1 aliphatic rings. The monoisotopic (exact) mass is 306 g/mol. The van der Waals surface area contributed by atoms with Gasteiger partial charge in [0, 0.05) is 17.6 Å². The van der Waals surface area contributed by atoms with E-state index in [1.54, 1.807) is 0 Å². The predicted molar refractivity (Wildman–Crippen MR) is 92.7 cm³/mol. The molecule has 0 atom stereocenters. The van der Waals surface area contributed by atoms with Crippen LogP contribution in [0.15, 0.2) is 65.9 Å². The van der Waals surface area contributed by atoms with Crippen LogP contribution in [0.25, 0.3) is 0 Å². The van der Waals surface area contributed by atoms with Gasteiger partial charge in [0.2, 0.25) is 0 Å². The number of ether oxygens (including phenoxy) is 1. The molecule has 2 nitrogen and oxygen atoms in total. The summed E-state index contributed by atoms with van der Waals surface area (Å²) in [5.74, 6) is 1.78. The van der Waals surface area contributed by atoms with Crippen LogP contribution in [-0.4, -0.2) is 5.78 Å². The number of hydrogen-bond acceptors (Lipinski definition) is 2. The van der Waals surface area contributed by atoms with Gasteiger partial charge in [0.1, 0.15) is 11.5 Å². The van der Waals surface area contributed by atoms with Gasteiger partial charge in [0.25, 0.3) is 0 Å². The zero-order valence-electron chi connectivity index (χ0n) is 13.5. The van der Waals surface area contributed by atoms with Crippen LogP contribution < -0.4 is 4.74 Å². The van der Waals surface area contributed by atoms with Gasteiger partial charge in [0.05, 0.1) is 0 Å². The molecule has 23 heavy (non-hydrogen) atoms. The van der Waals surface area contributed by atoms with E-state index in [2.05, 4.69) is 6.92 Å². The van der Waals surface area contributed by atoms with Gasteiger partial charge in [-0.05, 0) is 37.0 Å². The summed E-state index contributed by atoms with van der Waals surface area (Å²) in [6.45, 7) is 2.16. The minimum Gasteiger partial charge on any atom is -0.461 e. The van der Waals surface area contributed by atoms with Crippen LogP contribution in [-0.2, 0) is 6.42 Å². The first-order valence-corrected chi connectivity index (χ1v) is 8.37.